The van der Waals surface area contributed by atoms with Gasteiger partial charge in [0.1, 0.15) is 0 Å². The second-order valence-corrected chi connectivity index (χ2v) is 3.86. The molecule has 1 aromatic carbocycles. The molecule has 1 heterocycles. The minimum atomic E-state index is -0.546. The van der Waals surface area contributed by atoms with Crippen molar-refractivity contribution in [3.05, 3.63) is 29.8 Å². The first kappa shape index (κ1) is 11.6. The monoisotopic (exact) mass is 234 g/mol. The molecular weight excluding hydrogens is 220 g/mol. The summed E-state index contributed by atoms with van der Waals surface area (Å²) in [5.41, 5.74) is 1.80. The van der Waals surface area contributed by atoms with Gasteiger partial charge >= 0.3 is 5.97 Å². The van der Waals surface area contributed by atoms with Crippen LogP contribution in [0.5, 0.6) is 0 Å². The van der Waals surface area contributed by atoms with Gasteiger partial charge in [-0.25, -0.2) is 0 Å². The van der Waals surface area contributed by atoms with Crippen LogP contribution in [0.3, 0.4) is 0 Å². The highest BCUT2D eigenvalue weighted by molar-refractivity contribution is 5.98. The van der Waals surface area contributed by atoms with Gasteiger partial charge in [-0.1, -0.05) is 18.2 Å². The number of carbonyl (C=O) groups excluding carboxylic acids is 2. The van der Waals surface area contributed by atoms with Crippen LogP contribution < -0.4 is 10.6 Å². The maximum absolute atomic E-state index is 11.8. The van der Waals surface area contributed by atoms with Crippen LogP contribution in [-0.4, -0.2) is 25.0 Å². The third-order valence-corrected chi connectivity index (χ3v) is 2.73. The van der Waals surface area contributed by atoms with E-state index >= 15 is 0 Å². The topological polar surface area (TPSA) is 67.4 Å². The molecule has 1 aliphatic heterocycles. The molecule has 0 saturated carbocycles. The Balaban J connectivity index is 2.12. The average molecular weight is 234 g/mol. The number of hydrogen-bond donors (Lipinski definition) is 2. The fourth-order valence-corrected chi connectivity index (χ4v) is 1.76. The quantitative estimate of drug-likeness (QED) is 0.738. The molecule has 2 rings (SSSR count). The van der Waals surface area contributed by atoms with E-state index in [0.717, 1.165) is 11.3 Å². The fraction of sp³-hybridized carbons (Fsp3) is 0.333. The van der Waals surface area contributed by atoms with Gasteiger partial charge in [-0.15, -0.1) is 0 Å². The molecule has 17 heavy (non-hydrogen) atoms. The first-order chi connectivity index (χ1) is 8.20. The van der Waals surface area contributed by atoms with Crippen molar-refractivity contribution in [2.24, 2.45) is 0 Å². The summed E-state index contributed by atoms with van der Waals surface area (Å²) in [7, 11) is 1.31. The van der Waals surface area contributed by atoms with Crippen molar-refractivity contribution in [1.82, 2.24) is 5.32 Å². The summed E-state index contributed by atoms with van der Waals surface area (Å²) < 4.78 is 4.56. The molecular formula is C12H14N2O3. The number of hydrogen-bond acceptors (Lipinski definition) is 4. The number of carbonyl (C=O) groups is 2. The van der Waals surface area contributed by atoms with E-state index in [2.05, 4.69) is 15.4 Å². The lowest BCUT2D eigenvalue weighted by molar-refractivity contribution is -0.142. The van der Waals surface area contributed by atoms with Gasteiger partial charge in [0.05, 0.1) is 19.6 Å². The second-order valence-electron chi connectivity index (χ2n) is 3.86. The van der Waals surface area contributed by atoms with Crippen LogP contribution in [0.4, 0.5) is 5.69 Å². The van der Waals surface area contributed by atoms with E-state index in [1.807, 2.05) is 24.3 Å². The molecule has 0 bridgehead atoms. The number of ether oxygens (including phenoxy) is 1. The molecule has 0 aromatic heterocycles. The van der Waals surface area contributed by atoms with Crippen LogP contribution in [0.1, 0.15) is 12.0 Å². The summed E-state index contributed by atoms with van der Waals surface area (Å²) in [6, 6.07) is 7.00. The van der Waals surface area contributed by atoms with Crippen LogP contribution >= 0.6 is 0 Å². The number of para-hydroxylation sites is 1. The third kappa shape index (κ3) is 2.62. The maximum atomic E-state index is 11.8. The number of benzene rings is 1. The summed E-state index contributed by atoms with van der Waals surface area (Å²) in [6.45, 7) is 0.552. The molecule has 0 radical (unpaired) electrons. The molecule has 0 spiro atoms. The maximum Gasteiger partial charge on any atom is 0.307 e. The predicted molar refractivity (Wildman–Crippen MR) is 62.3 cm³/mol. The van der Waals surface area contributed by atoms with Gasteiger partial charge in [-0.2, -0.15) is 0 Å². The lowest BCUT2D eigenvalue weighted by Crippen LogP contribution is -2.39. The Kier molecular flexibility index (Phi) is 3.39. The van der Waals surface area contributed by atoms with Crippen molar-refractivity contribution in [1.29, 1.82) is 0 Å². The fourth-order valence-electron chi connectivity index (χ4n) is 1.76. The summed E-state index contributed by atoms with van der Waals surface area (Å²) in [4.78, 5) is 23.0. The number of fused-ring (bicyclic) bond motifs is 1. The standard InChI is InChI=1S/C12H14N2O3/c1-17-11(15)6-10-12(16)14-9-5-3-2-4-8(9)7-13-10/h2-5,10,13H,6-7H2,1H3,(H,14,16). The molecule has 1 atom stereocenters. The van der Waals surface area contributed by atoms with Gasteiger partial charge in [0.2, 0.25) is 5.91 Å². The van der Waals surface area contributed by atoms with Gasteiger partial charge in [-0.3, -0.25) is 9.59 Å². The molecule has 0 saturated heterocycles. The number of rotatable bonds is 2. The highest BCUT2D eigenvalue weighted by Gasteiger charge is 2.25. The first-order valence-corrected chi connectivity index (χ1v) is 5.39. The molecule has 0 aliphatic carbocycles. The largest absolute Gasteiger partial charge is 0.469 e. The normalized spacial score (nSPS) is 18.9. The predicted octanol–water partition coefficient (Wildman–Crippen LogP) is 0.660. The van der Waals surface area contributed by atoms with Crippen LogP contribution in [0, 0.1) is 0 Å². The zero-order chi connectivity index (χ0) is 12.3. The Morgan fingerprint density at radius 1 is 1.47 bits per heavy atom. The zero-order valence-electron chi connectivity index (χ0n) is 9.53. The number of esters is 1. The Morgan fingerprint density at radius 2 is 2.24 bits per heavy atom. The summed E-state index contributed by atoms with van der Waals surface area (Å²) in [5, 5.41) is 5.83. The number of methoxy groups -OCH3 is 1. The smallest absolute Gasteiger partial charge is 0.307 e. The number of amides is 1. The van der Waals surface area contributed by atoms with Gasteiger partial charge in [-0.05, 0) is 11.6 Å². The van der Waals surface area contributed by atoms with E-state index in [9.17, 15) is 9.59 Å². The van der Waals surface area contributed by atoms with Crippen molar-refractivity contribution in [3.8, 4) is 0 Å². The molecule has 5 heteroatoms. The lowest BCUT2D eigenvalue weighted by atomic mass is 10.2. The average Bonchev–Trinajstić information content (AvgIpc) is 2.49. The minimum Gasteiger partial charge on any atom is -0.469 e. The highest BCUT2D eigenvalue weighted by Crippen LogP contribution is 2.18. The molecule has 5 nitrogen and oxygen atoms in total. The summed E-state index contributed by atoms with van der Waals surface area (Å²) in [6.07, 6.45) is 0.0380. The van der Waals surface area contributed by atoms with E-state index < -0.39 is 12.0 Å². The van der Waals surface area contributed by atoms with Crippen molar-refractivity contribution < 1.29 is 14.3 Å². The van der Waals surface area contributed by atoms with Crippen molar-refractivity contribution in [3.63, 3.8) is 0 Å². The van der Waals surface area contributed by atoms with Crippen LogP contribution in [0.2, 0.25) is 0 Å². The number of anilines is 1. The van der Waals surface area contributed by atoms with Gasteiger partial charge in [0, 0.05) is 12.2 Å². The molecule has 90 valence electrons. The van der Waals surface area contributed by atoms with E-state index in [1.54, 1.807) is 0 Å². The SMILES string of the molecule is COC(=O)CC1NCc2ccccc2NC1=O. The Morgan fingerprint density at radius 3 is 3.00 bits per heavy atom. The lowest BCUT2D eigenvalue weighted by Gasteiger charge is -2.12. The molecule has 1 amide bonds. The van der Waals surface area contributed by atoms with E-state index in [1.165, 1.54) is 7.11 Å². The number of nitrogens with one attached hydrogen (secondary N) is 2. The first-order valence-electron chi connectivity index (χ1n) is 5.39. The Bertz CT molecular complexity index is 445. The molecule has 1 aromatic rings. The molecule has 0 fully saturated rings. The highest BCUT2D eigenvalue weighted by atomic mass is 16.5. The Hall–Kier alpha value is -1.88. The van der Waals surface area contributed by atoms with Crippen molar-refractivity contribution >= 4 is 17.6 Å². The molecule has 2 N–H and O–H groups in total. The third-order valence-electron chi connectivity index (χ3n) is 2.73. The van der Waals surface area contributed by atoms with Crippen LogP contribution in [0.25, 0.3) is 0 Å². The molecule has 1 unspecified atom stereocenters. The van der Waals surface area contributed by atoms with Gasteiger partial charge < -0.3 is 15.4 Å². The van der Waals surface area contributed by atoms with Crippen LogP contribution in [0.15, 0.2) is 24.3 Å². The van der Waals surface area contributed by atoms with Crippen LogP contribution in [-0.2, 0) is 20.9 Å². The molecule has 1 aliphatic rings. The summed E-state index contributed by atoms with van der Waals surface area (Å²) >= 11 is 0. The van der Waals surface area contributed by atoms with Crippen molar-refractivity contribution in [2.75, 3.05) is 12.4 Å². The van der Waals surface area contributed by atoms with E-state index in [-0.39, 0.29) is 12.3 Å². The van der Waals surface area contributed by atoms with E-state index in [0.29, 0.717) is 6.54 Å². The van der Waals surface area contributed by atoms with E-state index in [4.69, 9.17) is 0 Å². The second kappa shape index (κ2) is 4.97. The Labute approximate surface area is 99.2 Å². The zero-order valence-corrected chi connectivity index (χ0v) is 9.53. The van der Waals surface area contributed by atoms with Gasteiger partial charge in [0.15, 0.2) is 0 Å². The minimum absolute atomic E-state index is 0.0380. The van der Waals surface area contributed by atoms with Crippen molar-refractivity contribution in [2.45, 2.75) is 19.0 Å². The van der Waals surface area contributed by atoms with Gasteiger partial charge in [0.25, 0.3) is 0 Å². The summed E-state index contributed by atoms with van der Waals surface area (Å²) in [5.74, 6) is -0.607.